The third kappa shape index (κ3) is 11.5. The Labute approximate surface area is 149 Å². The van der Waals surface area contributed by atoms with E-state index in [-0.39, 0.29) is 19.2 Å². The molecule has 1 rings (SSSR count). The van der Waals surface area contributed by atoms with Gasteiger partial charge in [0, 0.05) is 5.57 Å². The Bertz CT molecular complexity index is 587. The molecule has 0 radical (unpaired) electrons. The van der Waals surface area contributed by atoms with Crippen LogP contribution in [0, 0.1) is 0 Å². The van der Waals surface area contributed by atoms with E-state index in [1.807, 2.05) is 43.3 Å². The van der Waals surface area contributed by atoms with Gasteiger partial charge in [0.2, 0.25) is 0 Å². The van der Waals surface area contributed by atoms with Crippen molar-refractivity contribution in [3.8, 4) is 0 Å². The maximum absolute atomic E-state index is 11.4. The number of ether oxygens (including phenoxy) is 2. The van der Waals surface area contributed by atoms with Crippen molar-refractivity contribution in [1.29, 1.82) is 0 Å². The zero-order valence-electron chi connectivity index (χ0n) is 14.9. The fourth-order valence-corrected chi connectivity index (χ4v) is 1.38. The first-order valence-corrected chi connectivity index (χ1v) is 7.95. The Morgan fingerprint density at radius 1 is 1.08 bits per heavy atom. The molecule has 0 amide bonds. The predicted molar refractivity (Wildman–Crippen MR) is 98.7 cm³/mol. The van der Waals surface area contributed by atoms with Gasteiger partial charge in [-0.05, 0) is 25.0 Å². The highest BCUT2D eigenvalue weighted by Gasteiger charge is 2.03. The van der Waals surface area contributed by atoms with Gasteiger partial charge in [-0.2, -0.15) is 0 Å². The molecule has 0 heterocycles. The molecule has 1 aromatic rings. The number of carbonyl (C=O) groups is 2. The van der Waals surface area contributed by atoms with E-state index in [0.29, 0.717) is 17.8 Å². The molecule has 0 aliphatic heterocycles. The van der Waals surface area contributed by atoms with Crippen LogP contribution in [0.3, 0.4) is 0 Å². The summed E-state index contributed by atoms with van der Waals surface area (Å²) in [5.74, 6) is -0.807. The molecule has 0 saturated heterocycles. The van der Waals surface area contributed by atoms with Crippen molar-refractivity contribution in [2.45, 2.75) is 20.3 Å². The molecule has 0 fully saturated rings. The molecule has 0 saturated carbocycles. The number of esters is 2. The van der Waals surface area contributed by atoms with Gasteiger partial charge in [0.1, 0.15) is 6.61 Å². The van der Waals surface area contributed by atoms with E-state index in [1.165, 1.54) is 0 Å². The fraction of sp³-hybridized carbons (Fsp3) is 0.300. The topological polar surface area (TPSA) is 72.8 Å². The molecule has 136 valence electrons. The summed E-state index contributed by atoms with van der Waals surface area (Å²) in [4.78, 5) is 21.8. The maximum atomic E-state index is 11.4. The lowest BCUT2D eigenvalue weighted by molar-refractivity contribution is -0.140. The highest BCUT2D eigenvalue weighted by atomic mass is 16.5. The van der Waals surface area contributed by atoms with E-state index in [1.54, 1.807) is 13.0 Å². The van der Waals surface area contributed by atoms with Gasteiger partial charge in [0.25, 0.3) is 0 Å². The van der Waals surface area contributed by atoms with Crippen molar-refractivity contribution < 1.29 is 24.2 Å². The van der Waals surface area contributed by atoms with Gasteiger partial charge in [-0.15, -0.1) is 0 Å². The average Bonchev–Trinajstić information content (AvgIpc) is 2.63. The molecule has 1 aromatic carbocycles. The molecule has 5 nitrogen and oxygen atoms in total. The van der Waals surface area contributed by atoms with Crippen molar-refractivity contribution in [1.82, 2.24) is 0 Å². The first kappa shape index (κ1) is 22.3. The number of aliphatic hydroxyl groups excluding tert-OH is 1. The molecule has 0 bridgehead atoms. The summed E-state index contributed by atoms with van der Waals surface area (Å²) < 4.78 is 9.42. The van der Waals surface area contributed by atoms with Crippen molar-refractivity contribution >= 4 is 18.0 Å². The van der Waals surface area contributed by atoms with Gasteiger partial charge in [-0.1, -0.05) is 56.5 Å². The highest BCUT2D eigenvalue weighted by Crippen LogP contribution is 2.05. The van der Waals surface area contributed by atoms with E-state index in [2.05, 4.69) is 17.9 Å². The Kier molecular flexibility index (Phi) is 12.3. The van der Waals surface area contributed by atoms with E-state index in [9.17, 15) is 9.59 Å². The Balaban J connectivity index is 0.000000547. The van der Waals surface area contributed by atoms with Crippen molar-refractivity contribution in [3.05, 3.63) is 66.3 Å². The zero-order valence-corrected chi connectivity index (χ0v) is 14.9. The first-order chi connectivity index (χ1) is 11.9. The van der Waals surface area contributed by atoms with Crippen molar-refractivity contribution in [2.75, 3.05) is 19.8 Å². The van der Waals surface area contributed by atoms with Gasteiger partial charge in [0.05, 0.1) is 18.8 Å². The summed E-state index contributed by atoms with van der Waals surface area (Å²) in [7, 11) is 0. The highest BCUT2D eigenvalue weighted by molar-refractivity contribution is 5.92. The van der Waals surface area contributed by atoms with Crippen molar-refractivity contribution in [3.63, 3.8) is 0 Å². The fourth-order valence-electron chi connectivity index (χ4n) is 1.38. The van der Waals surface area contributed by atoms with Crippen LogP contribution in [0.2, 0.25) is 0 Å². The first-order valence-electron chi connectivity index (χ1n) is 7.95. The van der Waals surface area contributed by atoms with Crippen LogP contribution < -0.4 is 0 Å². The Morgan fingerprint density at radius 2 is 1.68 bits per heavy atom. The lowest BCUT2D eigenvalue weighted by atomic mass is 10.2. The predicted octanol–water partition coefficient (Wildman–Crippen LogP) is 3.31. The van der Waals surface area contributed by atoms with Crippen LogP contribution >= 0.6 is 0 Å². The lowest BCUT2D eigenvalue weighted by Gasteiger charge is -2.01. The van der Waals surface area contributed by atoms with Crippen LogP contribution in [0.1, 0.15) is 25.8 Å². The van der Waals surface area contributed by atoms with E-state index in [0.717, 1.165) is 12.0 Å². The Morgan fingerprint density at radius 3 is 2.20 bits per heavy atom. The normalized spacial score (nSPS) is 9.72. The molecule has 0 spiro atoms. The van der Waals surface area contributed by atoms with E-state index in [4.69, 9.17) is 9.84 Å². The summed E-state index contributed by atoms with van der Waals surface area (Å²) in [6, 6.07) is 9.75. The Hall–Kier alpha value is -2.66. The molecule has 0 aliphatic carbocycles. The van der Waals surface area contributed by atoms with Gasteiger partial charge in [0.15, 0.2) is 0 Å². The minimum atomic E-state index is -0.455. The number of hydrogen-bond acceptors (Lipinski definition) is 5. The lowest BCUT2D eigenvalue weighted by Crippen LogP contribution is -2.08. The second kappa shape index (κ2) is 13.7. The number of hydrogen-bond donors (Lipinski definition) is 1. The van der Waals surface area contributed by atoms with Crippen LogP contribution in [-0.4, -0.2) is 36.9 Å². The van der Waals surface area contributed by atoms with Crippen LogP contribution in [0.15, 0.2) is 60.7 Å². The van der Waals surface area contributed by atoms with Gasteiger partial charge < -0.3 is 14.6 Å². The molecule has 0 atom stereocenters. The summed E-state index contributed by atoms with van der Waals surface area (Å²) in [5, 5.41) is 8.19. The molecule has 0 aliphatic rings. The molecule has 1 N–H and O–H groups in total. The van der Waals surface area contributed by atoms with Gasteiger partial charge >= 0.3 is 11.9 Å². The zero-order chi connectivity index (χ0) is 19.1. The molecular formula is C20H26O5. The number of aliphatic hydroxyl groups is 1. The standard InChI is InChI=1S/C14H16O2.C6H10O3/c1-3-11-16-14(15)12(2)9-10-13-7-5-4-6-8-13;1-5(2)6(8)9-4-3-7/h4-10H,2-3,11H2,1H3;7H,1,3-4H2,2H3. The SMILES string of the molecule is C=C(C)C(=O)OCCO.C=C(C=Cc1ccccc1)C(=O)OCCC. The molecule has 0 aromatic heterocycles. The van der Waals surface area contributed by atoms with Crippen LogP contribution in [-0.2, 0) is 19.1 Å². The molecule has 25 heavy (non-hydrogen) atoms. The monoisotopic (exact) mass is 346 g/mol. The molecular weight excluding hydrogens is 320 g/mol. The number of benzene rings is 1. The minimum Gasteiger partial charge on any atom is -0.462 e. The van der Waals surface area contributed by atoms with Crippen LogP contribution in [0.4, 0.5) is 0 Å². The van der Waals surface area contributed by atoms with Gasteiger partial charge in [-0.25, -0.2) is 9.59 Å². The number of rotatable bonds is 8. The third-order valence-electron chi connectivity index (χ3n) is 2.65. The average molecular weight is 346 g/mol. The molecule has 5 heteroatoms. The maximum Gasteiger partial charge on any atom is 0.337 e. The van der Waals surface area contributed by atoms with Crippen LogP contribution in [0.5, 0.6) is 0 Å². The smallest absolute Gasteiger partial charge is 0.337 e. The summed E-state index contributed by atoms with van der Waals surface area (Å²) in [5.41, 5.74) is 1.76. The second-order valence-electron chi connectivity index (χ2n) is 5.05. The quantitative estimate of drug-likeness (QED) is 0.444. The third-order valence-corrected chi connectivity index (χ3v) is 2.65. The van der Waals surface area contributed by atoms with Crippen LogP contribution in [0.25, 0.3) is 6.08 Å². The largest absolute Gasteiger partial charge is 0.462 e. The van der Waals surface area contributed by atoms with E-state index < -0.39 is 5.97 Å². The number of carbonyl (C=O) groups excluding carboxylic acids is 2. The second-order valence-corrected chi connectivity index (χ2v) is 5.05. The summed E-state index contributed by atoms with van der Waals surface area (Å²) >= 11 is 0. The molecule has 0 unspecified atom stereocenters. The van der Waals surface area contributed by atoms with Crippen molar-refractivity contribution in [2.24, 2.45) is 0 Å². The van der Waals surface area contributed by atoms with Gasteiger partial charge in [-0.3, -0.25) is 0 Å². The van der Waals surface area contributed by atoms with E-state index >= 15 is 0 Å². The summed E-state index contributed by atoms with van der Waals surface area (Å²) in [6.07, 6.45) is 4.34. The summed E-state index contributed by atoms with van der Waals surface area (Å²) in [6.45, 7) is 10.9. The minimum absolute atomic E-state index is 0.0473.